The molecule has 124 valence electrons. The fraction of sp³-hybridized carbons (Fsp3) is 0.533. The number of hydrogen-bond donors (Lipinski definition) is 0. The van der Waals surface area contributed by atoms with Crippen molar-refractivity contribution in [2.45, 2.75) is 13.0 Å². The summed E-state index contributed by atoms with van der Waals surface area (Å²) in [7, 11) is 3.60. The lowest BCUT2D eigenvalue weighted by Gasteiger charge is -2.24. The average Bonchev–Trinajstić information content (AvgIpc) is 2.79. The van der Waals surface area contributed by atoms with Crippen LogP contribution >= 0.6 is 15.9 Å². The molecule has 0 bridgehead atoms. The number of aryl methyl sites for hydroxylation is 2. The minimum Gasteiger partial charge on any atom is -0.368 e. The van der Waals surface area contributed by atoms with Crippen LogP contribution in [0.1, 0.15) is 12.0 Å². The molecule has 0 unspecified atom stereocenters. The maximum atomic E-state index is 12.0. The highest BCUT2D eigenvalue weighted by Gasteiger charge is 2.19. The van der Waals surface area contributed by atoms with E-state index in [1.54, 1.807) is 13.2 Å². The first-order valence-electron chi connectivity index (χ1n) is 7.71. The Morgan fingerprint density at radius 2 is 1.96 bits per heavy atom. The Morgan fingerprint density at radius 3 is 2.70 bits per heavy atom. The van der Waals surface area contributed by atoms with Gasteiger partial charge < -0.3 is 4.90 Å². The highest BCUT2D eigenvalue weighted by atomic mass is 79.9. The van der Waals surface area contributed by atoms with Gasteiger partial charge in [-0.1, -0.05) is 0 Å². The molecule has 1 aliphatic heterocycles. The summed E-state index contributed by atoms with van der Waals surface area (Å²) in [6.45, 7) is 4.72. The lowest BCUT2D eigenvalue weighted by molar-refractivity contribution is 0.285. The monoisotopic (exact) mass is 380 g/mol. The van der Waals surface area contributed by atoms with Crippen LogP contribution in [0.4, 0.5) is 5.69 Å². The van der Waals surface area contributed by atoms with Crippen LogP contribution in [0.25, 0.3) is 0 Å². The predicted molar refractivity (Wildman–Crippen MR) is 92.5 cm³/mol. The third-order valence-electron chi connectivity index (χ3n) is 4.15. The molecule has 0 aliphatic carbocycles. The van der Waals surface area contributed by atoms with E-state index in [1.165, 1.54) is 10.2 Å². The van der Waals surface area contributed by atoms with Crippen LogP contribution in [0.2, 0.25) is 0 Å². The Balaban J connectivity index is 1.69. The Morgan fingerprint density at radius 1 is 1.13 bits per heavy atom. The fourth-order valence-corrected chi connectivity index (χ4v) is 3.51. The third kappa shape index (κ3) is 3.64. The second-order valence-electron chi connectivity index (χ2n) is 5.91. The van der Waals surface area contributed by atoms with Gasteiger partial charge in [-0.2, -0.15) is 10.2 Å². The summed E-state index contributed by atoms with van der Waals surface area (Å²) in [6, 6.07) is 0. The number of anilines is 1. The van der Waals surface area contributed by atoms with Crippen molar-refractivity contribution < 1.29 is 0 Å². The third-order valence-corrected chi connectivity index (χ3v) is 4.90. The van der Waals surface area contributed by atoms with E-state index in [0.29, 0.717) is 4.47 Å². The van der Waals surface area contributed by atoms with Crippen molar-refractivity contribution >= 4 is 21.6 Å². The first-order valence-corrected chi connectivity index (χ1v) is 8.50. The van der Waals surface area contributed by atoms with Gasteiger partial charge >= 0.3 is 0 Å². The minimum atomic E-state index is -0.0982. The van der Waals surface area contributed by atoms with Gasteiger partial charge in [0.25, 0.3) is 5.56 Å². The lowest BCUT2D eigenvalue weighted by Crippen LogP contribution is -2.32. The lowest BCUT2D eigenvalue weighted by atomic mass is 10.3. The molecule has 0 N–H and O–H groups in total. The molecule has 0 radical (unpaired) electrons. The Labute approximate surface area is 143 Å². The van der Waals surface area contributed by atoms with Crippen LogP contribution in [-0.2, 0) is 20.6 Å². The van der Waals surface area contributed by atoms with Crippen molar-refractivity contribution in [2.24, 2.45) is 14.1 Å². The predicted octanol–water partition coefficient (Wildman–Crippen LogP) is 0.989. The molecule has 23 heavy (non-hydrogen) atoms. The van der Waals surface area contributed by atoms with Gasteiger partial charge in [-0.25, -0.2) is 4.68 Å². The first kappa shape index (κ1) is 16.2. The molecule has 0 spiro atoms. The standard InChI is InChI=1S/C15H21BrN6O/c1-19-10-12(8-17-19)11-21-4-3-5-22(7-6-21)13-9-18-20(2)15(23)14(13)16/h8-10H,3-7,11H2,1-2H3. The summed E-state index contributed by atoms with van der Waals surface area (Å²) in [5, 5.41) is 8.37. The van der Waals surface area contributed by atoms with Gasteiger partial charge in [0.1, 0.15) is 4.47 Å². The van der Waals surface area contributed by atoms with Gasteiger partial charge in [0.05, 0.1) is 18.1 Å². The van der Waals surface area contributed by atoms with Crippen LogP contribution < -0.4 is 10.5 Å². The van der Waals surface area contributed by atoms with Crippen molar-refractivity contribution in [3.63, 3.8) is 0 Å². The molecule has 8 heteroatoms. The number of nitrogens with zero attached hydrogens (tertiary/aromatic N) is 6. The second kappa shape index (κ2) is 6.84. The zero-order valence-corrected chi connectivity index (χ0v) is 15.0. The maximum Gasteiger partial charge on any atom is 0.282 e. The van der Waals surface area contributed by atoms with E-state index in [1.807, 2.05) is 17.9 Å². The topological polar surface area (TPSA) is 59.2 Å². The SMILES string of the molecule is Cn1cc(CN2CCCN(c3cnn(C)c(=O)c3Br)CC2)cn1. The van der Waals surface area contributed by atoms with Crippen molar-refractivity contribution in [1.29, 1.82) is 0 Å². The Kier molecular flexibility index (Phi) is 4.82. The molecule has 0 atom stereocenters. The molecule has 3 heterocycles. The average molecular weight is 381 g/mol. The highest BCUT2D eigenvalue weighted by molar-refractivity contribution is 9.10. The van der Waals surface area contributed by atoms with Gasteiger partial charge in [-0.3, -0.25) is 14.4 Å². The minimum absolute atomic E-state index is 0.0982. The molecule has 2 aromatic heterocycles. The van der Waals surface area contributed by atoms with Crippen molar-refractivity contribution in [3.8, 4) is 0 Å². The number of rotatable bonds is 3. The van der Waals surface area contributed by atoms with E-state index < -0.39 is 0 Å². The number of aromatic nitrogens is 4. The zero-order chi connectivity index (χ0) is 16.4. The van der Waals surface area contributed by atoms with E-state index in [2.05, 4.69) is 42.1 Å². The molecule has 0 saturated carbocycles. The van der Waals surface area contributed by atoms with E-state index in [-0.39, 0.29) is 5.56 Å². The van der Waals surface area contributed by atoms with Gasteiger partial charge in [-0.05, 0) is 22.4 Å². The van der Waals surface area contributed by atoms with Crippen molar-refractivity contribution in [1.82, 2.24) is 24.5 Å². The quantitative estimate of drug-likeness (QED) is 0.794. The summed E-state index contributed by atoms with van der Waals surface area (Å²) >= 11 is 3.42. The van der Waals surface area contributed by atoms with Gasteiger partial charge in [0.15, 0.2) is 0 Å². The molecular weight excluding hydrogens is 360 g/mol. The molecule has 0 aromatic carbocycles. The van der Waals surface area contributed by atoms with E-state index in [0.717, 1.165) is 44.8 Å². The second-order valence-corrected chi connectivity index (χ2v) is 6.70. The maximum absolute atomic E-state index is 12.0. The van der Waals surface area contributed by atoms with Crippen LogP contribution in [0, 0.1) is 0 Å². The van der Waals surface area contributed by atoms with Gasteiger partial charge in [-0.15, -0.1) is 0 Å². The van der Waals surface area contributed by atoms with Gasteiger partial charge in [0, 0.05) is 58.6 Å². The normalized spacial score (nSPS) is 16.6. The summed E-state index contributed by atoms with van der Waals surface area (Å²) in [4.78, 5) is 16.7. The van der Waals surface area contributed by atoms with Crippen LogP contribution in [0.3, 0.4) is 0 Å². The summed E-state index contributed by atoms with van der Waals surface area (Å²) in [5.74, 6) is 0. The smallest absolute Gasteiger partial charge is 0.282 e. The van der Waals surface area contributed by atoms with Crippen molar-refractivity contribution in [2.75, 3.05) is 31.1 Å². The summed E-state index contributed by atoms with van der Waals surface area (Å²) < 4.78 is 3.78. The summed E-state index contributed by atoms with van der Waals surface area (Å²) in [6.07, 6.45) is 6.80. The van der Waals surface area contributed by atoms with Crippen LogP contribution in [0.5, 0.6) is 0 Å². The van der Waals surface area contributed by atoms with E-state index >= 15 is 0 Å². The Bertz CT molecular complexity index is 740. The highest BCUT2D eigenvalue weighted by Crippen LogP contribution is 2.23. The van der Waals surface area contributed by atoms with Crippen LogP contribution in [0.15, 0.2) is 27.9 Å². The van der Waals surface area contributed by atoms with Crippen molar-refractivity contribution in [3.05, 3.63) is 39.0 Å². The fourth-order valence-electron chi connectivity index (χ4n) is 2.90. The Hall–Kier alpha value is -1.67. The zero-order valence-electron chi connectivity index (χ0n) is 13.4. The molecular formula is C15H21BrN6O. The van der Waals surface area contributed by atoms with Gasteiger partial charge in [0.2, 0.25) is 0 Å². The van der Waals surface area contributed by atoms with E-state index in [9.17, 15) is 4.79 Å². The first-order chi connectivity index (χ1) is 11.0. The molecule has 3 rings (SSSR count). The molecule has 0 amide bonds. The number of hydrogen-bond acceptors (Lipinski definition) is 5. The molecule has 7 nitrogen and oxygen atoms in total. The van der Waals surface area contributed by atoms with E-state index in [4.69, 9.17) is 0 Å². The number of halogens is 1. The summed E-state index contributed by atoms with van der Waals surface area (Å²) in [5.41, 5.74) is 2.02. The molecule has 1 saturated heterocycles. The molecule has 1 fully saturated rings. The van der Waals surface area contributed by atoms with Crippen LogP contribution in [-0.4, -0.2) is 50.6 Å². The largest absolute Gasteiger partial charge is 0.368 e. The molecule has 1 aliphatic rings. The molecule has 2 aromatic rings.